The number of alkyl halides is 3. The number of halogens is 5. The van der Waals surface area contributed by atoms with Gasteiger partial charge in [0, 0.05) is 44.9 Å². The van der Waals surface area contributed by atoms with Gasteiger partial charge in [-0.1, -0.05) is 23.2 Å². The Morgan fingerprint density at radius 3 is 2.35 bits per heavy atom. The minimum Gasteiger partial charge on any atom is -0.495 e. The summed E-state index contributed by atoms with van der Waals surface area (Å²) in [7, 11) is 1.52. The van der Waals surface area contributed by atoms with Crippen LogP contribution in [0.1, 0.15) is 23.1 Å². The van der Waals surface area contributed by atoms with Crippen molar-refractivity contribution in [3.8, 4) is 5.75 Å². The van der Waals surface area contributed by atoms with E-state index >= 15 is 0 Å². The number of carbonyl (C=O) groups is 2. The molecule has 168 valence electrons. The molecule has 0 atom stereocenters. The lowest BCUT2D eigenvalue weighted by atomic mass is 10.2. The van der Waals surface area contributed by atoms with Crippen molar-refractivity contribution < 1.29 is 27.5 Å². The summed E-state index contributed by atoms with van der Waals surface area (Å²) in [6.45, 7) is 2.26. The number of anilines is 1. The van der Waals surface area contributed by atoms with Gasteiger partial charge >= 0.3 is 6.18 Å². The SMILES string of the molecule is COc1cc(N2CCN(C(=O)Cn3nc(C(F)(F)F)c(Cl)c3C(C)=O)CC2)ccc1Cl. The Morgan fingerprint density at radius 2 is 1.81 bits per heavy atom. The molecular formula is C19H19Cl2F3N4O3. The first-order chi connectivity index (χ1) is 14.5. The molecule has 31 heavy (non-hydrogen) atoms. The minimum atomic E-state index is -4.83. The molecule has 0 bridgehead atoms. The molecular weight excluding hydrogens is 460 g/mol. The molecule has 0 aliphatic carbocycles. The van der Waals surface area contributed by atoms with E-state index in [0.717, 1.165) is 17.3 Å². The maximum Gasteiger partial charge on any atom is 0.436 e. The maximum absolute atomic E-state index is 13.1. The van der Waals surface area contributed by atoms with Gasteiger partial charge in [-0.05, 0) is 12.1 Å². The van der Waals surface area contributed by atoms with Gasteiger partial charge in [-0.15, -0.1) is 0 Å². The van der Waals surface area contributed by atoms with Crippen LogP contribution in [-0.4, -0.2) is 59.7 Å². The van der Waals surface area contributed by atoms with E-state index in [1.165, 1.54) is 12.0 Å². The number of Topliss-reactive ketones (excluding diaryl/α,β-unsaturated/α-hetero) is 1. The second-order valence-electron chi connectivity index (χ2n) is 6.91. The molecule has 0 N–H and O–H groups in total. The topological polar surface area (TPSA) is 67.7 Å². The van der Waals surface area contributed by atoms with Crippen molar-refractivity contribution >= 4 is 40.6 Å². The van der Waals surface area contributed by atoms with Gasteiger partial charge in [0.05, 0.1) is 12.1 Å². The van der Waals surface area contributed by atoms with E-state index in [2.05, 4.69) is 5.10 Å². The zero-order valence-electron chi connectivity index (χ0n) is 16.7. The Bertz CT molecular complexity index is 1000. The van der Waals surface area contributed by atoms with Gasteiger partial charge < -0.3 is 14.5 Å². The number of nitrogens with zero attached hydrogens (tertiary/aromatic N) is 4. The van der Waals surface area contributed by atoms with E-state index in [1.54, 1.807) is 12.1 Å². The Kier molecular flexibility index (Phi) is 6.70. The zero-order valence-corrected chi connectivity index (χ0v) is 18.2. The Morgan fingerprint density at radius 1 is 1.16 bits per heavy atom. The minimum absolute atomic E-state index is 0.348. The molecule has 1 amide bonds. The van der Waals surface area contributed by atoms with E-state index in [-0.39, 0.29) is 0 Å². The molecule has 1 aromatic heterocycles. The zero-order chi connectivity index (χ0) is 22.9. The Labute approximate surface area is 186 Å². The second kappa shape index (κ2) is 8.96. The molecule has 1 aliphatic heterocycles. The molecule has 1 aromatic carbocycles. The fraction of sp³-hybridized carbons (Fsp3) is 0.421. The first kappa shape index (κ1) is 23.2. The van der Waals surface area contributed by atoms with Crippen LogP contribution in [0.4, 0.5) is 18.9 Å². The summed E-state index contributed by atoms with van der Waals surface area (Å²) in [5, 5.41) is 3.07. The van der Waals surface area contributed by atoms with Crippen molar-refractivity contribution in [1.82, 2.24) is 14.7 Å². The van der Waals surface area contributed by atoms with Crippen molar-refractivity contribution in [3.05, 3.63) is 39.6 Å². The van der Waals surface area contributed by atoms with Crippen molar-refractivity contribution in [3.63, 3.8) is 0 Å². The van der Waals surface area contributed by atoms with Gasteiger partial charge in [0.25, 0.3) is 0 Å². The first-order valence-corrected chi connectivity index (χ1v) is 9.99. The standard InChI is InChI=1S/C19H19Cl2F3N4O3/c1-11(29)17-16(21)18(19(22,23)24)25-28(17)10-15(30)27-7-5-26(6-8-27)12-3-4-13(20)14(9-12)31-2/h3-4,9H,5-8,10H2,1-2H3. The molecule has 12 heteroatoms. The molecule has 1 saturated heterocycles. The fourth-order valence-corrected chi connectivity index (χ4v) is 3.93. The predicted molar refractivity (Wildman–Crippen MR) is 109 cm³/mol. The smallest absolute Gasteiger partial charge is 0.436 e. The summed E-state index contributed by atoms with van der Waals surface area (Å²) in [6, 6.07) is 5.35. The maximum atomic E-state index is 13.1. The van der Waals surface area contributed by atoms with Gasteiger partial charge in [0.15, 0.2) is 11.5 Å². The second-order valence-corrected chi connectivity index (χ2v) is 7.69. The number of ether oxygens (including phenoxy) is 1. The van der Waals surface area contributed by atoms with Crippen molar-refractivity contribution in [1.29, 1.82) is 0 Å². The molecule has 7 nitrogen and oxygen atoms in total. The highest BCUT2D eigenvalue weighted by molar-refractivity contribution is 6.34. The average molecular weight is 479 g/mol. The molecule has 1 fully saturated rings. The van der Waals surface area contributed by atoms with E-state index in [4.69, 9.17) is 27.9 Å². The number of benzene rings is 1. The summed E-state index contributed by atoms with van der Waals surface area (Å²) in [5.74, 6) is -0.628. The van der Waals surface area contributed by atoms with Gasteiger partial charge in [0.2, 0.25) is 5.91 Å². The van der Waals surface area contributed by atoms with E-state index < -0.39 is 40.8 Å². The summed E-state index contributed by atoms with van der Waals surface area (Å²) in [5.41, 5.74) is -0.941. The molecule has 3 rings (SSSR count). The van der Waals surface area contributed by atoms with Crippen LogP contribution in [0.5, 0.6) is 5.75 Å². The van der Waals surface area contributed by atoms with Crippen LogP contribution in [-0.2, 0) is 17.5 Å². The van der Waals surface area contributed by atoms with Gasteiger partial charge in [-0.25, -0.2) is 0 Å². The summed E-state index contributed by atoms with van der Waals surface area (Å²) < 4.78 is 45.2. The molecule has 1 aliphatic rings. The van der Waals surface area contributed by atoms with Crippen LogP contribution < -0.4 is 9.64 Å². The lowest BCUT2D eigenvalue weighted by molar-refractivity contribution is -0.142. The largest absolute Gasteiger partial charge is 0.495 e. The highest BCUT2D eigenvalue weighted by atomic mass is 35.5. The Hall–Kier alpha value is -2.46. The molecule has 0 radical (unpaired) electrons. The summed E-state index contributed by atoms with van der Waals surface area (Å²) in [4.78, 5) is 28.0. The van der Waals surface area contributed by atoms with Crippen LogP contribution in [0.25, 0.3) is 0 Å². The van der Waals surface area contributed by atoms with Gasteiger partial charge in [-0.2, -0.15) is 18.3 Å². The monoisotopic (exact) mass is 478 g/mol. The van der Waals surface area contributed by atoms with Crippen LogP contribution >= 0.6 is 23.2 Å². The number of piperazine rings is 1. The van der Waals surface area contributed by atoms with Crippen LogP contribution in [0, 0.1) is 0 Å². The van der Waals surface area contributed by atoms with Crippen LogP contribution in [0.15, 0.2) is 18.2 Å². The lowest BCUT2D eigenvalue weighted by Crippen LogP contribution is -2.49. The molecule has 0 saturated carbocycles. The van der Waals surface area contributed by atoms with Gasteiger partial charge in [0.1, 0.15) is 23.0 Å². The van der Waals surface area contributed by atoms with Crippen LogP contribution in [0.2, 0.25) is 10.0 Å². The van der Waals surface area contributed by atoms with E-state index in [9.17, 15) is 22.8 Å². The third kappa shape index (κ3) is 4.90. The first-order valence-electron chi connectivity index (χ1n) is 9.23. The third-order valence-electron chi connectivity index (χ3n) is 4.91. The summed E-state index contributed by atoms with van der Waals surface area (Å²) >= 11 is 11.8. The van der Waals surface area contributed by atoms with E-state index in [1.807, 2.05) is 11.0 Å². The number of methoxy groups -OCH3 is 1. The number of aromatic nitrogens is 2. The number of amides is 1. The van der Waals surface area contributed by atoms with Gasteiger partial charge in [-0.3, -0.25) is 14.3 Å². The fourth-order valence-electron chi connectivity index (χ4n) is 3.36. The average Bonchev–Trinajstić information content (AvgIpc) is 3.05. The normalized spacial score (nSPS) is 14.7. The third-order valence-corrected chi connectivity index (χ3v) is 5.58. The van der Waals surface area contributed by atoms with Crippen molar-refractivity contribution in [2.75, 3.05) is 38.2 Å². The number of hydrogen-bond donors (Lipinski definition) is 0. The number of carbonyl (C=O) groups excluding carboxylic acids is 2. The highest BCUT2D eigenvalue weighted by Crippen LogP contribution is 2.36. The molecule has 2 aromatic rings. The van der Waals surface area contributed by atoms with E-state index in [0.29, 0.717) is 37.0 Å². The predicted octanol–water partition coefficient (Wildman–Crippen LogP) is 3.77. The number of hydrogen-bond acceptors (Lipinski definition) is 5. The quantitative estimate of drug-likeness (QED) is 0.611. The number of rotatable bonds is 5. The molecule has 2 heterocycles. The van der Waals surface area contributed by atoms with Crippen molar-refractivity contribution in [2.45, 2.75) is 19.6 Å². The highest BCUT2D eigenvalue weighted by Gasteiger charge is 2.40. The molecule has 0 unspecified atom stereocenters. The molecule has 0 spiro atoms. The van der Waals surface area contributed by atoms with Crippen molar-refractivity contribution in [2.24, 2.45) is 0 Å². The van der Waals surface area contributed by atoms with Crippen LogP contribution in [0.3, 0.4) is 0 Å². The summed E-state index contributed by atoms with van der Waals surface area (Å²) in [6.07, 6.45) is -4.83. The number of ketones is 1. The Balaban J connectivity index is 1.70. The lowest BCUT2D eigenvalue weighted by Gasteiger charge is -2.36.